The predicted octanol–water partition coefficient (Wildman–Crippen LogP) is 3.60. The van der Waals surface area contributed by atoms with Crippen LogP contribution in [0.25, 0.3) is 11.1 Å². The molecule has 0 aliphatic heterocycles. The highest BCUT2D eigenvalue weighted by molar-refractivity contribution is 5.93. The third kappa shape index (κ3) is 3.79. The van der Waals surface area contributed by atoms with Gasteiger partial charge in [0.05, 0.1) is 6.54 Å². The molecule has 0 saturated heterocycles. The minimum absolute atomic E-state index is 0.0642. The Hall–Kier alpha value is -3.02. The summed E-state index contributed by atoms with van der Waals surface area (Å²) in [4.78, 5) is 19.9. The number of hydrogen-bond donors (Lipinski definition) is 1. The van der Waals surface area contributed by atoms with Crippen molar-refractivity contribution in [3.8, 4) is 11.1 Å². The van der Waals surface area contributed by atoms with Gasteiger partial charge in [-0.1, -0.05) is 44.2 Å². The van der Waals surface area contributed by atoms with Crippen LogP contribution in [0.15, 0.2) is 42.6 Å². The van der Waals surface area contributed by atoms with Crippen molar-refractivity contribution >= 4 is 5.97 Å². The van der Waals surface area contributed by atoms with Crippen LogP contribution in [0.5, 0.6) is 0 Å². The van der Waals surface area contributed by atoms with E-state index in [0.717, 1.165) is 42.0 Å². The van der Waals surface area contributed by atoms with Crippen LogP contribution in [0, 0.1) is 0 Å². The lowest BCUT2D eigenvalue weighted by Crippen LogP contribution is -2.07. The van der Waals surface area contributed by atoms with Crippen molar-refractivity contribution in [1.82, 2.24) is 19.7 Å². The summed E-state index contributed by atoms with van der Waals surface area (Å²) in [5.41, 5.74) is 2.61. The molecule has 3 aromatic rings. The first-order chi connectivity index (χ1) is 12.6. The molecule has 0 saturated carbocycles. The number of rotatable bonds is 7. The second-order valence-corrected chi connectivity index (χ2v) is 6.11. The van der Waals surface area contributed by atoms with Gasteiger partial charge in [0, 0.05) is 24.6 Å². The molecule has 0 fully saturated rings. The lowest BCUT2D eigenvalue weighted by Gasteiger charge is -2.08. The van der Waals surface area contributed by atoms with Gasteiger partial charge in [0.2, 0.25) is 0 Å². The molecule has 2 heterocycles. The van der Waals surface area contributed by atoms with Gasteiger partial charge in [-0.3, -0.25) is 0 Å². The highest BCUT2D eigenvalue weighted by Gasteiger charge is 2.13. The highest BCUT2D eigenvalue weighted by Crippen LogP contribution is 2.23. The Balaban J connectivity index is 1.85. The zero-order valence-corrected chi connectivity index (χ0v) is 15.0. The Kier molecular flexibility index (Phi) is 5.41. The average molecular weight is 350 g/mol. The first-order valence-electron chi connectivity index (χ1n) is 8.82. The van der Waals surface area contributed by atoms with Gasteiger partial charge >= 0.3 is 5.97 Å². The number of aromatic carboxylic acids is 1. The van der Waals surface area contributed by atoms with Crippen LogP contribution in [0.4, 0.5) is 0 Å². The second-order valence-electron chi connectivity index (χ2n) is 6.11. The number of pyridine rings is 1. The van der Waals surface area contributed by atoms with E-state index in [4.69, 9.17) is 0 Å². The van der Waals surface area contributed by atoms with E-state index in [0.29, 0.717) is 12.1 Å². The van der Waals surface area contributed by atoms with Gasteiger partial charge in [-0.05, 0) is 23.6 Å². The normalized spacial score (nSPS) is 10.8. The summed E-state index contributed by atoms with van der Waals surface area (Å²) in [6.07, 6.45) is 4.25. The molecule has 0 aliphatic rings. The number of aryl methyl sites for hydroxylation is 2. The monoisotopic (exact) mass is 350 g/mol. The molecule has 0 spiro atoms. The largest absolute Gasteiger partial charge is 0.476 e. The molecular weight excluding hydrogens is 328 g/mol. The molecule has 6 heteroatoms. The van der Waals surface area contributed by atoms with Crippen molar-refractivity contribution in [3.63, 3.8) is 0 Å². The molecule has 1 N–H and O–H groups in total. The van der Waals surface area contributed by atoms with Crippen molar-refractivity contribution in [2.45, 2.75) is 39.7 Å². The van der Waals surface area contributed by atoms with E-state index < -0.39 is 5.97 Å². The minimum atomic E-state index is -1.02. The highest BCUT2D eigenvalue weighted by atomic mass is 16.4. The molecule has 0 amide bonds. The van der Waals surface area contributed by atoms with Gasteiger partial charge < -0.3 is 5.11 Å². The molecule has 0 atom stereocenters. The van der Waals surface area contributed by atoms with Crippen molar-refractivity contribution in [2.75, 3.05) is 0 Å². The number of carboxylic acids is 1. The van der Waals surface area contributed by atoms with Crippen LogP contribution >= 0.6 is 0 Å². The van der Waals surface area contributed by atoms with Crippen LogP contribution in [0.3, 0.4) is 0 Å². The maximum Gasteiger partial charge on any atom is 0.355 e. The zero-order valence-electron chi connectivity index (χ0n) is 15.0. The third-order valence-electron chi connectivity index (χ3n) is 4.19. The molecule has 3 rings (SSSR count). The molecule has 134 valence electrons. The number of nitrogens with zero attached hydrogens (tertiary/aromatic N) is 4. The molecule has 26 heavy (non-hydrogen) atoms. The summed E-state index contributed by atoms with van der Waals surface area (Å²) < 4.78 is 1.96. The van der Waals surface area contributed by atoms with E-state index in [2.05, 4.69) is 28.9 Å². The van der Waals surface area contributed by atoms with Gasteiger partial charge in [-0.15, -0.1) is 0 Å². The van der Waals surface area contributed by atoms with Gasteiger partial charge in [0.15, 0.2) is 11.5 Å². The molecule has 2 aromatic heterocycles. The van der Waals surface area contributed by atoms with E-state index in [1.807, 2.05) is 28.9 Å². The fourth-order valence-corrected chi connectivity index (χ4v) is 2.88. The summed E-state index contributed by atoms with van der Waals surface area (Å²) in [6, 6.07) is 11.4. The Morgan fingerprint density at radius 1 is 1.15 bits per heavy atom. The Morgan fingerprint density at radius 2 is 1.92 bits per heavy atom. The second kappa shape index (κ2) is 7.91. The maximum absolute atomic E-state index is 11.4. The predicted molar refractivity (Wildman–Crippen MR) is 99.1 cm³/mol. The quantitative estimate of drug-likeness (QED) is 0.704. The van der Waals surface area contributed by atoms with Gasteiger partial charge in [-0.25, -0.2) is 19.4 Å². The topological polar surface area (TPSA) is 80.9 Å². The smallest absolute Gasteiger partial charge is 0.355 e. The SMILES string of the molecule is CCCc1nc(CC)nn1Cc1ccc(-c2cccnc2C(=O)O)cc1. The molecular formula is C20H22N4O2. The third-order valence-corrected chi connectivity index (χ3v) is 4.19. The van der Waals surface area contributed by atoms with Gasteiger partial charge in [-0.2, -0.15) is 5.10 Å². The Morgan fingerprint density at radius 3 is 2.58 bits per heavy atom. The van der Waals surface area contributed by atoms with E-state index >= 15 is 0 Å². The van der Waals surface area contributed by atoms with Crippen LogP contribution in [0.2, 0.25) is 0 Å². The molecule has 1 aromatic carbocycles. The lowest BCUT2D eigenvalue weighted by molar-refractivity contribution is 0.0691. The number of hydrogen-bond acceptors (Lipinski definition) is 4. The summed E-state index contributed by atoms with van der Waals surface area (Å²) in [5, 5.41) is 13.9. The minimum Gasteiger partial charge on any atom is -0.476 e. The van der Waals surface area contributed by atoms with E-state index in [-0.39, 0.29) is 5.69 Å². The number of carboxylic acid groups (broad SMARTS) is 1. The zero-order chi connectivity index (χ0) is 18.5. The molecule has 0 bridgehead atoms. The molecule has 0 unspecified atom stereocenters. The van der Waals surface area contributed by atoms with Gasteiger partial charge in [0.25, 0.3) is 0 Å². The van der Waals surface area contributed by atoms with Crippen molar-refractivity contribution in [1.29, 1.82) is 0 Å². The first kappa shape index (κ1) is 17.8. The summed E-state index contributed by atoms with van der Waals surface area (Å²) in [7, 11) is 0. The van der Waals surface area contributed by atoms with Crippen molar-refractivity contribution in [3.05, 3.63) is 65.5 Å². The standard InChI is InChI=1S/C20H22N4O2/c1-3-6-18-22-17(4-2)23-24(18)13-14-8-10-15(11-9-14)16-7-5-12-21-19(16)20(25)26/h5,7-12H,3-4,6,13H2,1-2H3,(H,25,26). The van der Waals surface area contributed by atoms with E-state index in [1.54, 1.807) is 12.1 Å². The number of aromatic nitrogens is 4. The lowest BCUT2D eigenvalue weighted by atomic mass is 10.0. The van der Waals surface area contributed by atoms with E-state index in [9.17, 15) is 9.90 Å². The van der Waals surface area contributed by atoms with Gasteiger partial charge in [0.1, 0.15) is 5.82 Å². The maximum atomic E-state index is 11.4. The number of benzene rings is 1. The number of carbonyl (C=O) groups is 1. The summed E-state index contributed by atoms with van der Waals surface area (Å²) in [5.74, 6) is 0.851. The molecule has 0 radical (unpaired) electrons. The van der Waals surface area contributed by atoms with Crippen LogP contribution < -0.4 is 0 Å². The first-order valence-corrected chi connectivity index (χ1v) is 8.82. The van der Waals surface area contributed by atoms with Crippen LogP contribution in [-0.2, 0) is 19.4 Å². The van der Waals surface area contributed by atoms with Crippen molar-refractivity contribution in [2.24, 2.45) is 0 Å². The summed E-state index contributed by atoms with van der Waals surface area (Å²) in [6.45, 7) is 4.84. The van der Waals surface area contributed by atoms with Crippen LogP contribution in [0.1, 0.15) is 48.0 Å². The Bertz CT molecular complexity index is 900. The summed E-state index contributed by atoms with van der Waals surface area (Å²) >= 11 is 0. The van der Waals surface area contributed by atoms with E-state index in [1.165, 1.54) is 6.20 Å². The fourth-order valence-electron chi connectivity index (χ4n) is 2.88. The molecule has 0 aliphatic carbocycles. The van der Waals surface area contributed by atoms with Crippen molar-refractivity contribution < 1.29 is 9.90 Å². The molecule has 6 nitrogen and oxygen atoms in total. The Labute approximate surface area is 152 Å². The fraction of sp³-hybridized carbons (Fsp3) is 0.300. The average Bonchev–Trinajstić information content (AvgIpc) is 3.04. The van der Waals surface area contributed by atoms with Crippen LogP contribution in [-0.4, -0.2) is 30.8 Å².